The summed E-state index contributed by atoms with van der Waals surface area (Å²) in [5.41, 5.74) is 1.51. The lowest BCUT2D eigenvalue weighted by Crippen LogP contribution is -3.14. The monoisotopic (exact) mass is 497 g/mol. The third-order valence-corrected chi connectivity index (χ3v) is 6.92. The first-order valence-electron chi connectivity index (χ1n) is 11.9. The summed E-state index contributed by atoms with van der Waals surface area (Å²) in [6.07, 6.45) is 0. The number of aromatic amines is 1. The molecule has 10 heteroatoms. The molecule has 1 aromatic carbocycles. The van der Waals surface area contributed by atoms with Crippen molar-refractivity contribution in [3.8, 4) is 5.75 Å². The van der Waals surface area contributed by atoms with Gasteiger partial charge in [0.25, 0.3) is 5.91 Å². The zero-order valence-electron chi connectivity index (χ0n) is 20.9. The van der Waals surface area contributed by atoms with Crippen molar-refractivity contribution in [2.45, 2.75) is 19.9 Å². The predicted octanol–water partition coefficient (Wildman–Crippen LogP) is -0.434. The molecule has 3 heterocycles. The number of likely N-dealkylation sites (tertiary alicyclic amines) is 1. The van der Waals surface area contributed by atoms with Crippen molar-refractivity contribution in [3.05, 3.63) is 57.9 Å². The number of para-hydroxylation sites is 1. The summed E-state index contributed by atoms with van der Waals surface area (Å²) in [5, 5.41) is 13.9. The molecular formula is C26H31N3O7. The van der Waals surface area contributed by atoms with Crippen molar-refractivity contribution in [1.82, 2.24) is 9.88 Å². The highest BCUT2D eigenvalue weighted by Gasteiger charge is 2.45. The highest BCUT2D eigenvalue weighted by molar-refractivity contribution is 6.46. The second-order valence-electron chi connectivity index (χ2n) is 8.94. The number of ketones is 1. The van der Waals surface area contributed by atoms with Gasteiger partial charge in [0, 0.05) is 16.8 Å². The molecular weight excluding hydrogens is 466 g/mol. The highest BCUT2D eigenvalue weighted by Crippen LogP contribution is 2.42. The van der Waals surface area contributed by atoms with Crippen LogP contribution in [0.15, 0.2) is 29.8 Å². The molecule has 2 aliphatic heterocycles. The van der Waals surface area contributed by atoms with E-state index in [0.717, 1.165) is 13.1 Å². The number of carbonyl (C=O) groups is 3. The number of rotatable bonds is 7. The topological polar surface area (TPSA) is 125 Å². The number of hydrogen-bond acceptors (Lipinski definition) is 7. The van der Waals surface area contributed by atoms with E-state index >= 15 is 0 Å². The number of nitrogens with zero attached hydrogens (tertiary/aromatic N) is 1. The lowest BCUT2D eigenvalue weighted by molar-refractivity contribution is -0.907. The Morgan fingerprint density at radius 2 is 1.89 bits per heavy atom. The van der Waals surface area contributed by atoms with Gasteiger partial charge in [-0.15, -0.1) is 0 Å². The summed E-state index contributed by atoms with van der Waals surface area (Å²) in [6.45, 7) is 7.06. The molecule has 2 aliphatic rings. The molecule has 2 fully saturated rings. The molecule has 1 atom stereocenters. The molecule has 1 aromatic heterocycles. The summed E-state index contributed by atoms with van der Waals surface area (Å²) in [6, 6.07) is 6.14. The zero-order chi connectivity index (χ0) is 26.0. The number of methoxy groups -OCH3 is 2. The van der Waals surface area contributed by atoms with Crippen molar-refractivity contribution in [3.63, 3.8) is 0 Å². The van der Waals surface area contributed by atoms with Crippen molar-refractivity contribution >= 4 is 23.4 Å². The number of benzene rings is 1. The van der Waals surface area contributed by atoms with E-state index in [2.05, 4.69) is 4.98 Å². The van der Waals surface area contributed by atoms with Crippen LogP contribution in [-0.4, -0.2) is 81.2 Å². The van der Waals surface area contributed by atoms with Crippen molar-refractivity contribution in [2.75, 3.05) is 53.6 Å². The first kappa shape index (κ1) is 25.5. The molecule has 1 unspecified atom stereocenters. The van der Waals surface area contributed by atoms with Crippen LogP contribution in [0.3, 0.4) is 0 Å². The summed E-state index contributed by atoms with van der Waals surface area (Å²) >= 11 is 0. The average Bonchev–Trinajstić information content (AvgIpc) is 3.33. The van der Waals surface area contributed by atoms with Crippen LogP contribution in [0.2, 0.25) is 0 Å². The normalized spacial score (nSPS) is 20.1. The van der Waals surface area contributed by atoms with Gasteiger partial charge in [-0.3, -0.25) is 9.59 Å². The van der Waals surface area contributed by atoms with Crippen LogP contribution in [0.25, 0.3) is 5.76 Å². The van der Waals surface area contributed by atoms with Crippen LogP contribution in [0, 0.1) is 13.8 Å². The fourth-order valence-corrected chi connectivity index (χ4v) is 5.04. The van der Waals surface area contributed by atoms with Gasteiger partial charge in [-0.1, -0.05) is 24.0 Å². The maximum absolute atomic E-state index is 13.9. The van der Waals surface area contributed by atoms with Gasteiger partial charge in [-0.05, 0) is 31.0 Å². The number of hydrogen-bond donors (Lipinski definition) is 2. The molecule has 1 amide bonds. The molecule has 0 aliphatic carbocycles. The van der Waals surface area contributed by atoms with Crippen molar-refractivity contribution in [1.29, 1.82) is 0 Å². The van der Waals surface area contributed by atoms with Gasteiger partial charge in [-0.25, -0.2) is 4.79 Å². The molecule has 2 N–H and O–H groups in total. The Kier molecular flexibility index (Phi) is 7.46. The SMILES string of the molecule is COC(=O)c1[nH]c(C)c(C([O-])=C2C(=O)C(=O)N(CC[NH+]3CCOCC3)C2c2ccccc2OC)c1C. The van der Waals surface area contributed by atoms with E-state index in [0.29, 0.717) is 42.3 Å². The number of morpholine rings is 1. The van der Waals surface area contributed by atoms with E-state index in [4.69, 9.17) is 14.2 Å². The fourth-order valence-electron chi connectivity index (χ4n) is 5.04. The predicted molar refractivity (Wildman–Crippen MR) is 127 cm³/mol. The van der Waals surface area contributed by atoms with Gasteiger partial charge < -0.3 is 34.1 Å². The Morgan fingerprint density at radius 3 is 2.56 bits per heavy atom. The molecule has 0 bridgehead atoms. The molecule has 36 heavy (non-hydrogen) atoms. The zero-order valence-corrected chi connectivity index (χ0v) is 20.9. The van der Waals surface area contributed by atoms with Crippen LogP contribution >= 0.6 is 0 Å². The van der Waals surface area contributed by atoms with Crippen molar-refractivity contribution < 1.29 is 38.6 Å². The molecule has 0 radical (unpaired) electrons. The number of esters is 1. The third-order valence-electron chi connectivity index (χ3n) is 6.92. The van der Waals surface area contributed by atoms with E-state index in [9.17, 15) is 19.5 Å². The fraction of sp³-hybridized carbons (Fsp3) is 0.423. The number of quaternary nitrogens is 1. The van der Waals surface area contributed by atoms with E-state index in [1.807, 2.05) is 0 Å². The molecule has 4 rings (SSSR count). The van der Waals surface area contributed by atoms with E-state index < -0.39 is 29.5 Å². The van der Waals surface area contributed by atoms with Gasteiger partial charge in [0.1, 0.15) is 24.5 Å². The van der Waals surface area contributed by atoms with Gasteiger partial charge >= 0.3 is 5.97 Å². The van der Waals surface area contributed by atoms with Gasteiger partial charge in [0.15, 0.2) is 0 Å². The molecule has 0 saturated carbocycles. The van der Waals surface area contributed by atoms with Gasteiger partial charge in [0.05, 0.1) is 46.6 Å². The van der Waals surface area contributed by atoms with Crippen LogP contribution in [-0.2, 0) is 19.1 Å². The summed E-state index contributed by atoms with van der Waals surface area (Å²) in [7, 11) is 2.75. The van der Waals surface area contributed by atoms with E-state index in [-0.39, 0.29) is 23.4 Å². The number of aromatic nitrogens is 1. The number of nitrogens with one attached hydrogen (secondary N) is 2. The minimum atomic E-state index is -0.913. The van der Waals surface area contributed by atoms with Crippen LogP contribution < -0.4 is 14.7 Å². The number of carbonyl (C=O) groups excluding carboxylic acids is 3. The lowest BCUT2D eigenvalue weighted by atomic mass is 9.93. The maximum Gasteiger partial charge on any atom is 0.354 e. The van der Waals surface area contributed by atoms with Crippen LogP contribution in [0.1, 0.15) is 38.9 Å². The lowest BCUT2D eigenvalue weighted by Gasteiger charge is -2.30. The third kappa shape index (κ3) is 4.49. The van der Waals surface area contributed by atoms with Crippen molar-refractivity contribution in [2.24, 2.45) is 0 Å². The first-order valence-corrected chi connectivity index (χ1v) is 11.9. The highest BCUT2D eigenvalue weighted by atomic mass is 16.5. The number of aryl methyl sites for hydroxylation is 1. The molecule has 2 aromatic rings. The van der Waals surface area contributed by atoms with Crippen LogP contribution in [0.5, 0.6) is 5.75 Å². The Bertz CT molecular complexity index is 1210. The second kappa shape index (κ2) is 10.5. The van der Waals surface area contributed by atoms with E-state index in [1.54, 1.807) is 38.1 Å². The number of Topliss-reactive ketones (excluding diaryl/α,β-unsaturated/α-hetero) is 1. The van der Waals surface area contributed by atoms with Gasteiger partial charge in [0.2, 0.25) is 5.78 Å². The number of amides is 1. The number of H-pyrrole nitrogens is 1. The summed E-state index contributed by atoms with van der Waals surface area (Å²) in [5.74, 6) is -2.30. The first-order chi connectivity index (χ1) is 17.3. The summed E-state index contributed by atoms with van der Waals surface area (Å²) < 4.78 is 15.8. The summed E-state index contributed by atoms with van der Waals surface area (Å²) in [4.78, 5) is 44.5. The number of ether oxygens (including phenoxy) is 3. The quantitative estimate of drug-likeness (QED) is 0.230. The average molecular weight is 498 g/mol. The Balaban J connectivity index is 1.84. The van der Waals surface area contributed by atoms with Gasteiger partial charge in [-0.2, -0.15) is 0 Å². The second-order valence-corrected chi connectivity index (χ2v) is 8.94. The molecule has 2 saturated heterocycles. The molecule has 0 spiro atoms. The van der Waals surface area contributed by atoms with Crippen LogP contribution in [0.4, 0.5) is 0 Å². The minimum absolute atomic E-state index is 0.136. The smallest absolute Gasteiger partial charge is 0.354 e. The molecule has 10 nitrogen and oxygen atoms in total. The Labute approximate surface area is 209 Å². The van der Waals surface area contributed by atoms with E-state index in [1.165, 1.54) is 24.0 Å². The Hall–Kier alpha value is -3.63. The molecule has 192 valence electrons. The maximum atomic E-state index is 13.9. The minimum Gasteiger partial charge on any atom is -0.872 e. The Morgan fingerprint density at radius 1 is 1.19 bits per heavy atom. The standard InChI is InChI=1S/C26H31N3O7/c1-15-19(16(2)27-21(15)26(33)35-4)23(30)20-22(17-7-5-6-8-18(17)34-3)29(25(32)24(20)31)10-9-28-11-13-36-14-12-28/h5-8,22,27,30H,9-14H2,1-4H3. The largest absolute Gasteiger partial charge is 0.872 e.